The van der Waals surface area contributed by atoms with Crippen molar-refractivity contribution >= 4 is 27.3 Å². The van der Waals surface area contributed by atoms with Gasteiger partial charge in [0.15, 0.2) is 0 Å². The predicted molar refractivity (Wildman–Crippen MR) is 68.4 cm³/mol. The number of nitrogens with two attached hydrogens (primary N) is 2. The quantitative estimate of drug-likeness (QED) is 0.759. The van der Waals surface area contributed by atoms with Crippen LogP contribution in [0.5, 0.6) is 0 Å². The van der Waals surface area contributed by atoms with Crippen molar-refractivity contribution in [1.82, 2.24) is 0 Å². The van der Waals surface area contributed by atoms with Crippen LogP contribution in [0.2, 0.25) is 0 Å². The molecule has 1 aromatic rings. The number of amides is 1. The number of rotatable bonds is 2. The highest BCUT2D eigenvalue weighted by molar-refractivity contribution is 7.89. The molecule has 7 heteroatoms. The first-order valence-electron chi connectivity index (χ1n) is 5.62. The first-order valence-corrected chi connectivity index (χ1v) is 7.17. The summed E-state index contributed by atoms with van der Waals surface area (Å²) < 4.78 is 22.7. The number of nitrogen functional groups attached to an aromatic ring is 1. The molecule has 1 heterocycles. The third kappa shape index (κ3) is 2.46. The van der Waals surface area contributed by atoms with Gasteiger partial charge < -0.3 is 10.6 Å². The molecule has 1 aromatic carbocycles. The van der Waals surface area contributed by atoms with Crippen LogP contribution in [-0.4, -0.2) is 20.9 Å². The van der Waals surface area contributed by atoms with Gasteiger partial charge in [-0.15, -0.1) is 0 Å². The van der Waals surface area contributed by atoms with Crippen LogP contribution in [0.3, 0.4) is 0 Å². The molecule has 2 rings (SSSR count). The Morgan fingerprint density at radius 3 is 2.56 bits per heavy atom. The lowest BCUT2D eigenvalue weighted by Crippen LogP contribution is -2.35. The monoisotopic (exact) mass is 269 g/mol. The van der Waals surface area contributed by atoms with Gasteiger partial charge in [-0.25, -0.2) is 13.6 Å². The van der Waals surface area contributed by atoms with Crippen molar-refractivity contribution < 1.29 is 13.2 Å². The Bertz CT molecular complexity index is 583. The molecule has 0 bridgehead atoms. The van der Waals surface area contributed by atoms with Crippen LogP contribution < -0.4 is 15.8 Å². The molecule has 4 N–H and O–H groups in total. The number of carbonyl (C=O) groups is 1. The van der Waals surface area contributed by atoms with Gasteiger partial charge in [-0.05, 0) is 31.0 Å². The van der Waals surface area contributed by atoms with E-state index in [1.165, 1.54) is 12.1 Å². The molecule has 18 heavy (non-hydrogen) atoms. The average molecular weight is 269 g/mol. The maximum absolute atomic E-state index is 11.8. The summed E-state index contributed by atoms with van der Waals surface area (Å²) in [5.41, 5.74) is 6.19. The fraction of sp³-hybridized carbons (Fsp3) is 0.364. The number of sulfonamides is 1. The molecule has 0 radical (unpaired) electrons. The molecule has 0 atom stereocenters. The highest BCUT2D eigenvalue weighted by Gasteiger charge is 2.22. The standard InChI is InChI=1S/C11H15N3O3S/c12-9-5-4-8(7-10(9)18(13,16)17)14-6-2-1-3-11(14)15/h4-5,7H,1-3,6,12H2,(H2,13,16,17). The maximum atomic E-state index is 11.8. The molecule has 0 spiro atoms. The number of primary sulfonamides is 1. The van der Waals surface area contributed by atoms with Crippen LogP contribution in [0.25, 0.3) is 0 Å². The lowest BCUT2D eigenvalue weighted by atomic mass is 10.1. The van der Waals surface area contributed by atoms with E-state index in [0.29, 0.717) is 18.7 Å². The molecular formula is C11H15N3O3S. The summed E-state index contributed by atoms with van der Waals surface area (Å²) in [5, 5.41) is 5.08. The number of hydrogen-bond acceptors (Lipinski definition) is 4. The van der Waals surface area contributed by atoms with Crippen LogP contribution in [0.1, 0.15) is 19.3 Å². The van der Waals surface area contributed by atoms with Gasteiger partial charge in [0.05, 0.1) is 5.69 Å². The summed E-state index contributed by atoms with van der Waals surface area (Å²) in [7, 11) is -3.88. The molecule has 1 saturated heterocycles. The summed E-state index contributed by atoms with van der Waals surface area (Å²) in [6.45, 7) is 0.590. The molecule has 0 saturated carbocycles. The van der Waals surface area contributed by atoms with Crippen molar-refractivity contribution in [3.63, 3.8) is 0 Å². The van der Waals surface area contributed by atoms with Crippen LogP contribution >= 0.6 is 0 Å². The highest BCUT2D eigenvalue weighted by atomic mass is 32.2. The highest BCUT2D eigenvalue weighted by Crippen LogP contribution is 2.26. The third-order valence-electron chi connectivity index (χ3n) is 2.94. The first kappa shape index (κ1) is 12.8. The van der Waals surface area contributed by atoms with E-state index < -0.39 is 10.0 Å². The van der Waals surface area contributed by atoms with Gasteiger partial charge >= 0.3 is 0 Å². The van der Waals surface area contributed by atoms with Gasteiger partial charge in [0.25, 0.3) is 0 Å². The Labute approximate surface area is 106 Å². The average Bonchev–Trinajstić information content (AvgIpc) is 2.29. The summed E-state index contributed by atoms with van der Waals surface area (Å²) in [6.07, 6.45) is 2.25. The number of piperidine rings is 1. The van der Waals surface area contributed by atoms with Crippen molar-refractivity contribution in [2.45, 2.75) is 24.2 Å². The van der Waals surface area contributed by atoms with E-state index in [-0.39, 0.29) is 16.5 Å². The second kappa shape index (κ2) is 4.58. The zero-order chi connectivity index (χ0) is 13.3. The molecule has 6 nitrogen and oxygen atoms in total. The van der Waals surface area contributed by atoms with Crippen LogP contribution in [0.15, 0.2) is 23.1 Å². The zero-order valence-corrected chi connectivity index (χ0v) is 10.6. The number of carbonyl (C=O) groups excluding carboxylic acids is 1. The molecule has 1 aliphatic rings. The largest absolute Gasteiger partial charge is 0.398 e. The first-order chi connectivity index (χ1) is 8.39. The van der Waals surface area contributed by atoms with Crippen molar-refractivity contribution in [2.75, 3.05) is 17.2 Å². The summed E-state index contributed by atoms with van der Waals surface area (Å²) in [4.78, 5) is 13.2. The molecule has 1 fully saturated rings. The van der Waals surface area contributed by atoms with Crippen molar-refractivity contribution in [1.29, 1.82) is 0 Å². The smallest absolute Gasteiger partial charge is 0.240 e. The lowest BCUT2D eigenvalue weighted by Gasteiger charge is -2.27. The van der Waals surface area contributed by atoms with Crippen molar-refractivity contribution in [3.8, 4) is 0 Å². The minimum Gasteiger partial charge on any atom is -0.398 e. The molecule has 0 aliphatic carbocycles. The van der Waals surface area contributed by atoms with E-state index in [1.807, 2.05) is 0 Å². The van der Waals surface area contributed by atoms with Gasteiger partial charge in [-0.1, -0.05) is 0 Å². The maximum Gasteiger partial charge on any atom is 0.240 e. The van der Waals surface area contributed by atoms with Crippen molar-refractivity contribution in [3.05, 3.63) is 18.2 Å². The minimum atomic E-state index is -3.88. The molecule has 1 amide bonds. The number of nitrogens with zero attached hydrogens (tertiary/aromatic N) is 1. The molecular weight excluding hydrogens is 254 g/mol. The summed E-state index contributed by atoms with van der Waals surface area (Å²) in [6, 6.07) is 4.44. The Balaban J connectivity index is 2.44. The van der Waals surface area contributed by atoms with Gasteiger partial charge in [-0.2, -0.15) is 0 Å². The summed E-state index contributed by atoms with van der Waals surface area (Å²) >= 11 is 0. The second-order valence-corrected chi connectivity index (χ2v) is 5.80. The number of benzene rings is 1. The Hall–Kier alpha value is -1.60. The van der Waals surface area contributed by atoms with Crippen LogP contribution in [0, 0.1) is 0 Å². The lowest BCUT2D eigenvalue weighted by molar-refractivity contribution is -0.119. The third-order valence-corrected chi connectivity index (χ3v) is 3.91. The summed E-state index contributed by atoms with van der Waals surface area (Å²) in [5.74, 6) is -0.00797. The second-order valence-electron chi connectivity index (χ2n) is 4.27. The fourth-order valence-corrected chi connectivity index (χ4v) is 2.70. The van der Waals surface area contributed by atoms with E-state index in [4.69, 9.17) is 10.9 Å². The normalized spacial score (nSPS) is 16.9. The van der Waals surface area contributed by atoms with Gasteiger partial charge in [-0.3, -0.25) is 4.79 Å². The van der Waals surface area contributed by atoms with E-state index >= 15 is 0 Å². The van der Waals surface area contributed by atoms with Gasteiger partial charge in [0, 0.05) is 18.7 Å². The number of anilines is 2. The van der Waals surface area contributed by atoms with Gasteiger partial charge in [0.2, 0.25) is 15.9 Å². The molecule has 0 unspecified atom stereocenters. The Kier molecular flexibility index (Phi) is 3.27. The predicted octanol–water partition coefficient (Wildman–Crippen LogP) is 0.433. The zero-order valence-electron chi connectivity index (χ0n) is 9.80. The van der Waals surface area contributed by atoms with E-state index in [9.17, 15) is 13.2 Å². The van der Waals surface area contributed by atoms with E-state index in [2.05, 4.69) is 0 Å². The van der Waals surface area contributed by atoms with Crippen LogP contribution in [-0.2, 0) is 14.8 Å². The van der Waals surface area contributed by atoms with Crippen LogP contribution in [0.4, 0.5) is 11.4 Å². The van der Waals surface area contributed by atoms with Crippen molar-refractivity contribution in [2.24, 2.45) is 5.14 Å². The SMILES string of the molecule is Nc1ccc(N2CCCCC2=O)cc1S(N)(=O)=O. The fourth-order valence-electron chi connectivity index (χ4n) is 2.02. The molecule has 0 aromatic heterocycles. The molecule has 1 aliphatic heterocycles. The number of hydrogen-bond donors (Lipinski definition) is 2. The topological polar surface area (TPSA) is 106 Å². The van der Waals surface area contributed by atoms with E-state index in [0.717, 1.165) is 12.8 Å². The molecule has 98 valence electrons. The van der Waals surface area contributed by atoms with Gasteiger partial charge in [0.1, 0.15) is 4.90 Å². The minimum absolute atomic E-state index is 0.00797. The Morgan fingerprint density at radius 2 is 1.94 bits per heavy atom. The van der Waals surface area contributed by atoms with E-state index in [1.54, 1.807) is 11.0 Å². The Morgan fingerprint density at radius 1 is 1.22 bits per heavy atom.